The van der Waals surface area contributed by atoms with Crippen molar-refractivity contribution in [3.05, 3.63) is 77.9 Å². The fraction of sp³-hybridized carbons (Fsp3) is 0.393. The molecule has 2 saturated heterocycles. The molecule has 0 unspecified atom stereocenters. The molecular weight excluding hydrogens is 412 g/mol. The Bertz CT molecular complexity index is 1090. The Kier molecular flexibility index (Phi) is 5.88. The van der Waals surface area contributed by atoms with Gasteiger partial charge in [0.25, 0.3) is 5.91 Å². The van der Waals surface area contributed by atoms with Crippen LogP contribution in [0.1, 0.15) is 42.1 Å². The molecule has 0 N–H and O–H groups in total. The molecule has 2 heterocycles. The highest BCUT2D eigenvalue weighted by atomic mass is 16.2. The molecule has 2 fully saturated rings. The van der Waals surface area contributed by atoms with Gasteiger partial charge in [-0.05, 0) is 61.3 Å². The van der Waals surface area contributed by atoms with Crippen LogP contribution >= 0.6 is 0 Å². The zero-order chi connectivity index (χ0) is 22.9. The SMILES string of the molecule is C[C@@H]1C=CC[C@@H]2C(=O)N(c3cccc(C(=O)N4CCC(Cc5ccccc5)CC4)c3)C(=O)[C@@H]12. The Hall–Kier alpha value is -3.21. The molecule has 2 aromatic rings. The van der Waals surface area contributed by atoms with Crippen LogP contribution in [-0.4, -0.2) is 35.7 Å². The van der Waals surface area contributed by atoms with Crippen molar-refractivity contribution in [2.75, 3.05) is 18.0 Å². The Morgan fingerprint density at radius 1 is 0.970 bits per heavy atom. The van der Waals surface area contributed by atoms with Gasteiger partial charge >= 0.3 is 0 Å². The highest BCUT2D eigenvalue weighted by Gasteiger charge is 2.50. The van der Waals surface area contributed by atoms with E-state index in [0.717, 1.165) is 32.4 Å². The van der Waals surface area contributed by atoms with Crippen LogP contribution in [-0.2, 0) is 16.0 Å². The molecule has 2 aromatic carbocycles. The molecule has 0 aromatic heterocycles. The van der Waals surface area contributed by atoms with E-state index in [0.29, 0.717) is 23.6 Å². The van der Waals surface area contributed by atoms with Crippen LogP contribution in [0.3, 0.4) is 0 Å². The van der Waals surface area contributed by atoms with Gasteiger partial charge in [-0.25, -0.2) is 0 Å². The largest absolute Gasteiger partial charge is 0.339 e. The molecule has 0 bridgehead atoms. The minimum atomic E-state index is -0.300. The maximum atomic E-state index is 13.2. The molecule has 2 aliphatic heterocycles. The number of rotatable bonds is 4. The second-order valence-corrected chi connectivity index (χ2v) is 9.64. The summed E-state index contributed by atoms with van der Waals surface area (Å²) in [6.07, 6.45) is 7.65. The predicted octanol–water partition coefficient (Wildman–Crippen LogP) is 4.48. The summed E-state index contributed by atoms with van der Waals surface area (Å²) in [5, 5.41) is 0. The Morgan fingerprint density at radius 2 is 1.73 bits per heavy atom. The number of hydrogen-bond acceptors (Lipinski definition) is 3. The van der Waals surface area contributed by atoms with Crippen molar-refractivity contribution in [1.82, 2.24) is 4.90 Å². The molecule has 5 rings (SSSR count). The molecule has 3 atom stereocenters. The minimum Gasteiger partial charge on any atom is -0.339 e. The molecule has 3 amide bonds. The number of amides is 3. The van der Waals surface area contributed by atoms with E-state index in [2.05, 4.69) is 24.3 Å². The van der Waals surface area contributed by atoms with E-state index < -0.39 is 0 Å². The lowest BCUT2D eigenvalue weighted by Crippen LogP contribution is -2.39. The number of fused-ring (bicyclic) bond motifs is 1. The molecule has 5 heteroatoms. The highest BCUT2D eigenvalue weighted by Crippen LogP contribution is 2.40. The molecular formula is C28H30N2O3. The van der Waals surface area contributed by atoms with Crippen LogP contribution < -0.4 is 4.90 Å². The van der Waals surface area contributed by atoms with Gasteiger partial charge in [-0.3, -0.25) is 19.3 Å². The number of nitrogens with zero attached hydrogens (tertiary/aromatic N) is 2. The lowest BCUT2D eigenvalue weighted by molar-refractivity contribution is -0.122. The summed E-state index contributed by atoms with van der Waals surface area (Å²) in [6.45, 7) is 3.45. The van der Waals surface area contributed by atoms with Crippen molar-refractivity contribution in [2.45, 2.75) is 32.6 Å². The lowest BCUT2D eigenvalue weighted by atomic mass is 9.78. The third-order valence-corrected chi connectivity index (χ3v) is 7.49. The van der Waals surface area contributed by atoms with Crippen LogP contribution in [0.2, 0.25) is 0 Å². The van der Waals surface area contributed by atoms with Crippen LogP contribution in [0.5, 0.6) is 0 Å². The topological polar surface area (TPSA) is 57.7 Å². The molecule has 5 nitrogen and oxygen atoms in total. The number of carbonyl (C=O) groups excluding carboxylic acids is 3. The first-order valence-electron chi connectivity index (χ1n) is 12.0. The van der Waals surface area contributed by atoms with Gasteiger partial charge in [0.1, 0.15) is 0 Å². The van der Waals surface area contributed by atoms with E-state index in [9.17, 15) is 14.4 Å². The molecule has 3 aliphatic rings. The number of hydrogen-bond donors (Lipinski definition) is 0. The monoisotopic (exact) mass is 442 g/mol. The lowest BCUT2D eigenvalue weighted by Gasteiger charge is -2.32. The number of allylic oxidation sites excluding steroid dienone is 2. The van der Waals surface area contributed by atoms with Gasteiger partial charge in [0, 0.05) is 18.7 Å². The normalized spacial score (nSPS) is 25.4. The first-order valence-corrected chi connectivity index (χ1v) is 12.0. The van der Waals surface area contributed by atoms with Crippen molar-refractivity contribution < 1.29 is 14.4 Å². The van der Waals surface area contributed by atoms with E-state index in [1.807, 2.05) is 30.0 Å². The summed E-state index contributed by atoms with van der Waals surface area (Å²) in [5.74, 6) is -0.276. The zero-order valence-corrected chi connectivity index (χ0v) is 19.0. The van der Waals surface area contributed by atoms with Crippen LogP contribution in [0.4, 0.5) is 5.69 Å². The molecule has 33 heavy (non-hydrogen) atoms. The van der Waals surface area contributed by atoms with E-state index in [4.69, 9.17) is 0 Å². The smallest absolute Gasteiger partial charge is 0.253 e. The standard InChI is InChI=1S/C28H30N2O3/c1-19-7-5-12-24-25(19)28(33)30(27(24)32)23-11-6-10-22(18-23)26(31)29-15-13-21(14-16-29)17-20-8-3-2-4-9-20/h2-11,18-19,21,24-25H,12-17H2,1H3/t19-,24+,25+/m1/s1. The summed E-state index contributed by atoms with van der Waals surface area (Å²) in [5.41, 5.74) is 2.40. The van der Waals surface area contributed by atoms with E-state index >= 15 is 0 Å². The van der Waals surface area contributed by atoms with Gasteiger partial charge in [0.2, 0.25) is 11.8 Å². The van der Waals surface area contributed by atoms with E-state index in [1.165, 1.54) is 10.5 Å². The van der Waals surface area contributed by atoms with Gasteiger partial charge in [0.05, 0.1) is 17.5 Å². The number of carbonyl (C=O) groups is 3. The second kappa shape index (κ2) is 8.97. The average Bonchev–Trinajstić information content (AvgIpc) is 3.10. The van der Waals surface area contributed by atoms with Gasteiger partial charge in [-0.2, -0.15) is 0 Å². The van der Waals surface area contributed by atoms with Crippen molar-refractivity contribution in [2.24, 2.45) is 23.7 Å². The summed E-state index contributed by atoms with van der Waals surface area (Å²) >= 11 is 0. The van der Waals surface area contributed by atoms with Crippen molar-refractivity contribution in [3.8, 4) is 0 Å². The van der Waals surface area contributed by atoms with Gasteiger partial charge in [0.15, 0.2) is 0 Å². The average molecular weight is 443 g/mol. The number of piperidine rings is 1. The Labute approximate surface area is 195 Å². The van der Waals surface area contributed by atoms with Crippen molar-refractivity contribution in [1.29, 1.82) is 0 Å². The van der Waals surface area contributed by atoms with Crippen LogP contribution in [0, 0.1) is 23.7 Å². The molecule has 0 spiro atoms. The molecule has 1 aliphatic carbocycles. The summed E-state index contributed by atoms with van der Waals surface area (Å²) in [7, 11) is 0. The minimum absolute atomic E-state index is 0.0263. The fourth-order valence-electron chi connectivity index (χ4n) is 5.65. The summed E-state index contributed by atoms with van der Waals surface area (Å²) in [4.78, 5) is 42.6. The third kappa shape index (κ3) is 4.12. The van der Waals surface area contributed by atoms with Crippen LogP contribution in [0.25, 0.3) is 0 Å². The van der Waals surface area contributed by atoms with Gasteiger partial charge in [-0.1, -0.05) is 55.5 Å². The fourth-order valence-corrected chi connectivity index (χ4v) is 5.65. The quantitative estimate of drug-likeness (QED) is 0.518. The third-order valence-electron chi connectivity index (χ3n) is 7.49. The zero-order valence-electron chi connectivity index (χ0n) is 19.0. The van der Waals surface area contributed by atoms with Gasteiger partial charge in [-0.15, -0.1) is 0 Å². The van der Waals surface area contributed by atoms with Crippen LogP contribution in [0.15, 0.2) is 66.7 Å². The maximum Gasteiger partial charge on any atom is 0.253 e. The Balaban J connectivity index is 1.26. The number of imide groups is 1. The second-order valence-electron chi connectivity index (χ2n) is 9.64. The predicted molar refractivity (Wildman–Crippen MR) is 128 cm³/mol. The van der Waals surface area contributed by atoms with Crippen molar-refractivity contribution >= 4 is 23.4 Å². The van der Waals surface area contributed by atoms with Gasteiger partial charge < -0.3 is 4.90 Å². The number of benzene rings is 2. The summed E-state index contributed by atoms with van der Waals surface area (Å²) < 4.78 is 0. The number of anilines is 1. The first-order chi connectivity index (χ1) is 16.0. The molecule has 170 valence electrons. The number of likely N-dealkylation sites (tertiary alicyclic amines) is 1. The van der Waals surface area contributed by atoms with E-state index in [1.54, 1.807) is 24.3 Å². The molecule has 0 radical (unpaired) electrons. The molecule has 0 saturated carbocycles. The highest BCUT2D eigenvalue weighted by molar-refractivity contribution is 6.22. The Morgan fingerprint density at radius 3 is 2.45 bits per heavy atom. The maximum absolute atomic E-state index is 13.2. The van der Waals surface area contributed by atoms with Crippen molar-refractivity contribution in [3.63, 3.8) is 0 Å². The van der Waals surface area contributed by atoms with E-state index in [-0.39, 0.29) is 35.5 Å². The first kappa shape index (κ1) is 21.6. The summed E-state index contributed by atoms with van der Waals surface area (Å²) in [6, 6.07) is 17.5.